The Morgan fingerprint density at radius 3 is 2.46 bits per heavy atom. The minimum atomic E-state index is -0.0318. The molecule has 0 aromatic carbocycles. The monoisotopic (exact) mass is 187 g/mol. The standard InChI is InChI=1S/C9H21N3O/c1-5-12(4)9(13)11-8(3)6-7(2)10/h7-8H,5-6,10H2,1-4H3,(H,11,13). The lowest BCUT2D eigenvalue weighted by atomic mass is 10.1. The summed E-state index contributed by atoms with van der Waals surface area (Å²) in [6.07, 6.45) is 0.809. The average molecular weight is 187 g/mol. The molecule has 0 aromatic heterocycles. The number of amides is 2. The Morgan fingerprint density at radius 1 is 1.54 bits per heavy atom. The topological polar surface area (TPSA) is 58.4 Å². The van der Waals surface area contributed by atoms with E-state index in [2.05, 4.69) is 5.32 Å². The van der Waals surface area contributed by atoms with E-state index in [0.717, 1.165) is 13.0 Å². The Balaban J connectivity index is 3.77. The van der Waals surface area contributed by atoms with Gasteiger partial charge in [-0.05, 0) is 27.2 Å². The fraction of sp³-hybridized carbons (Fsp3) is 0.889. The molecule has 3 N–H and O–H groups in total. The van der Waals surface area contributed by atoms with Crippen molar-refractivity contribution in [2.24, 2.45) is 5.73 Å². The zero-order valence-electron chi connectivity index (χ0n) is 9.00. The summed E-state index contributed by atoms with van der Waals surface area (Å²) < 4.78 is 0. The van der Waals surface area contributed by atoms with Crippen molar-refractivity contribution in [1.82, 2.24) is 10.2 Å². The molecule has 0 aromatic rings. The minimum Gasteiger partial charge on any atom is -0.335 e. The molecule has 0 heterocycles. The SMILES string of the molecule is CCN(C)C(=O)NC(C)CC(C)N. The van der Waals surface area contributed by atoms with Gasteiger partial charge < -0.3 is 16.0 Å². The summed E-state index contributed by atoms with van der Waals surface area (Å²) >= 11 is 0. The Kier molecular flexibility index (Phi) is 5.46. The molecule has 0 saturated heterocycles. The predicted octanol–water partition coefficient (Wildman–Crippen LogP) is 0.773. The van der Waals surface area contributed by atoms with Gasteiger partial charge in [0.25, 0.3) is 0 Å². The first-order valence-electron chi connectivity index (χ1n) is 4.74. The lowest BCUT2D eigenvalue weighted by Gasteiger charge is -2.20. The number of nitrogens with two attached hydrogens (primary N) is 1. The highest BCUT2D eigenvalue weighted by Gasteiger charge is 2.11. The van der Waals surface area contributed by atoms with Crippen molar-refractivity contribution in [3.63, 3.8) is 0 Å². The van der Waals surface area contributed by atoms with Crippen molar-refractivity contribution in [3.8, 4) is 0 Å². The third-order valence-corrected chi connectivity index (χ3v) is 1.92. The van der Waals surface area contributed by atoms with Gasteiger partial charge in [-0.15, -0.1) is 0 Å². The Morgan fingerprint density at radius 2 is 2.08 bits per heavy atom. The number of carbonyl (C=O) groups excluding carboxylic acids is 1. The fourth-order valence-electron chi connectivity index (χ4n) is 1.08. The summed E-state index contributed by atoms with van der Waals surface area (Å²) in [4.78, 5) is 13.0. The Hall–Kier alpha value is -0.770. The van der Waals surface area contributed by atoms with Gasteiger partial charge in [0.05, 0.1) is 0 Å². The van der Waals surface area contributed by atoms with Gasteiger partial charge in [-0.25, -0.2) is 4.79 Å². The molecule has 4 nitrogen and oxygen atoms in total. The number of hydrogen-bond acceptors (Lipinski definition) is 2. The molecule has 0 radical (unpaired) electrons. The van der Waals surface area contributed by atoms with E-state index in [1.54, 1.807) is 11.9 Å². The van der Waals surface area contributed by atoms with E-state index in [0.29, 0.717) is 0 Å². The van der Waals surface area contributed by atoms with Crippen LogP contribution in [0.15, 0.2) is 0 Å². The van der Waals surface area contributed by atoms with Gasteiger partial charge in [-0.2, -0.15) is 0 Å². The van der Waals surface area contributed by atoms with Crippen LogP contribution in [0.2, 0.25) is 0 Å². The van der Waals surface area contributed by atoms with Crippen LogP contribution in [0, 0.1) is 0 Å². The van der Waals surface area contributed by atoms with Gasteiger partial charge in [0.15, 0.2) is 0 Å². The molecule has 0 fully saturated rings. The van der Waals surface area contributed by atoms with E-state index >= 15 is 0 Å². The zero-order valence-corrected chi connectivity index (χ0v) is 9.00. The molecule has 13 heavy (non-hydrogen) atoms. The number of carbonyl (C=O) groups is 1. The lowest BCUT2D eigenvalue weighted by Crippen LogP contribution is -2.43. The van der Waals surface area contributed by atoms with Gasteiger partial charge in [0, 0.05) is 25.7 Å². The third-order valence-electron chi connectivity index (χ3n) is 1.92. The van der Waals surface area contributed by atoms with Crippen LogP contribution < -0.4 is 11.1 Å². The normalized spacial score (nSPS) is 14.8. The van der Waals surface area contributed by atoms with E-state index in [1.165, 1.54) is 0 Å². The van der Waals surface area contributed by atoms with Crippen LogP contribution in [-0.4, -0.2) is 36.6 Å². The molecule has 78 valence electrons. The van der Waals surface area contributed by atoms with Crippen molar-refractivity contribution in [3.05, 3.63) is 0 Å². The van der Waals surface area contributed by atoms with Crippen LogP contribution in [0.3, 0.4) is 0 Å². The van der Waals surface area contributed by atoms with Crippen molar-refractivity contribution in [2.45, 2.75) is 39.3 Å². The summed E-state index contributed by atoms with van der Waals surface area (Å²) in [5.41, 5.74) is 5.61. The number of hydrogen-bond donors (Lipinski definition) is 2. The van der Waals surface area contributed by atoms with Crippen molar-refractivity contribution < 1.29 is 4.79 Å². The fourth-order valence-corrected chi connectivity index (χ4v) is 1.08. The molecular weight excluding hydrogens is 166 g/mol. The van der Waals surface area contributed by atoms with Gasteiger partial charge in [0.1, 0.15) is 0 Å². The lowest BCUT2D eigenvalue weighted by molar-refractivity contribution is 0.206. The molecule has 0 aliphatic carbocycles. The quantitative estimate of drug-likeness (QED) is 0.683. The van der Waals surface area contributed by atoms with Gasteiger partial charge in [-0.1, -0.05) is 0 Å². The molecule has 2 atom stereocenters. The molecule has 2 unspecified atom stereocenters. The zero-order chi connectivity index (χ0) is 10.4. The van der Waals surface area contributed by atoms with E-state index in [9.17, 15) is 4.79 Å². The molecule has 0 rings (SSSR count). The maximum absolute atomic E-state index is 11.3. The average Bonchev–Trinajstić information content (AvgIpc) is 2.01. The summed E-state index contributed by atoms with van der Waals surface area (Å²) in [5, 5.41) is 2.87. The van der Waals surface area contributed by atoms with Crippen LogP contribution >= 0.6 is 0 Å². The number of nitrogens with zero attached hydrogens (tertiary/aromatic N) is 1. The summed E-state index contributed by atoms with van der Waals surface area (Å²) in [6.45, 7) is 6.56. The number of rotatable bonds is 4. The molecule has 2 amide bonds. The maximum Gasteiger partial charge on any atom is 0.317 e. The second kappa shape index (κ2) is 5.80. The number of urea groups is 1. The van der Waals surface area contributed by atoms with Crippen LogP contribution in [0.1, 0.15) is 27.2 Å². The van der Waals surface area contributed by atoms with E-state index in [-0.39, 0.29) is 18.1 Å². The summed E-state index contributed by atoms with van der Waals surface area (Å²) in [6, 6.07) is 0.236. The first-order valence-corrected chi connectivity index (χ1v) is 4.74. The Bertz CT molecular complexity index is 159. The summed E-state index contributed by atoms with van der Waals surface area (Å²) in [7, 11) is 1.77. The second-order valence-corrected chi connectivity index (χ2v) is 3.58. The molecule has 0 saturated carbocycles. The number of nitrogens with one attached hydrogen (secondary N) is 1. The van der Waals surface area contributed by atoms with Crippen molar-refractivity contribution in [1.29, 1.82) is 0 Å². The highest BCUT2D eigenvalue weighted by molar-refractivity contribution is 5.74. The maximum atomic E-state index is 11.3. The predicted molar refractivity (Wildman–Crippen MR) is 54.6 cm³/mol. The highest BCUT2D eigenvalue weighted by Crippen LogP contribution is 1.95. The van der Waals surface area contributed by atoms with Crippen LogP contribution in [0.25, 0.3) is 0 Å². The molecule has 0 spiro atoms. The first-order chi connectivity index (χ1) is 5.97. The van der Waals surface area contributed by atoms with Gasteiger partial charge in [0.2, 0.25) is 0 Å². The largest absolute Gasteiger partial charge is 0.335 e. The molecule has 0 aliphatic heterocycles. The van der Waals surface area contributed by atoms with Crippen LogP contribution in [-0.2, 0) is 0 Å². The Labute approximate surface area is 80.5 Å². The van der Waals surface area contributed by atoms with E-state index < -0.39 is 0 Å². The van der Waals surface area contributed by atoms with Crippen molar-refractivity contribution in [2.75, 3.05) is 13.6 Å². The minimum absolute atomic E-state index is 0.0318. The van der Waals surface area contributed by atoms with Crippen LogP contribution in [0.4, 0.5) is 4.79 Å². The molecule has 4 heteroatoms. The van der Waals surface area contributed by atoms with Gasteiger partial charge in [-0.3, -0.25) is 0 Å². The summed E-state index contributed by atoms with van der Waals surface area (Å²) in [5.74, 6) is 0. The van der Waals surface area contributed by atoms with Gasteiger partial charge >= 0.3 is 6.03 Å². The third kappa shape index (κ3) is 5.47. The van der Waals surface area contributed by atoms with E-state index in [1.807, 2.05) is 20.8 Å². The molecule has 0 bridgehead atoms. The van der Waals surface area contributed by atoms with Crippen molar-refractivity contribution >= 4 is 6.03 Å². The molecular formula is C9H21N3O. The molecule has 0 aliphatic rings. The smallest absolute Gasteiger partial charge is 0.317 e. The van der Waals surface area contributed by atoms with Crippen LogP contribution in [0.5, 0.6) is 0 Å². The first kappa shape index (κ1) is 12.2. The highest BCUT2D eigenvalue weighted by atomic mass is 16.2. The second-order valence-electron chi connectivity index (χ2n) is 3.58. The van der Waals surface area contributed by atoms with E-state index in [4.69, 9.17) is 5.73 Å².